The highest BCUT2D eigenvalue weighted by Crippen LogP contribution is 2.64. The van der Waals surface area contributed by atoms with Crippen molar-refractivity contribution in [2.75, 3.05) is 0 Å². The molecule has 3 nitrogen and oxygen atoms in total. The fourth-order valence-corrected chi connectivity index (χ4v) is 7.56. The van der Waals surface area contributed by atoms with E-state index in [1.807, 2.05) is 12.1 Å². The van der Waals surface area contributed by atoms with Gasteiger partial charge in [-0.3, -0.25) is 5.32 Å². The van der Waals surface area contributed by atoms with E-state index in [4.69, 9.17) is 0 Å². The number of benzene rings is 1. The standard InChI is InChI=1S/C27H37NO2/c1-24(2)13-14-25(3,28-24)15-16-27(30)12-10-23-22-7-5-18-17-19(29)6-8-20(18)21(22)9-11-26(23,27)4/h6,8,17,21-23,28-30H,5,7,9-14H2,1-4H3/t21-,22-,23+,25?,26+,27-/m1/s1. The Morgan fingerprint density at radius 1 is 0.967 bits per heavy atom. The second-order valence-electron chi connectivity index (χ2n) is 11.7. The van der Waals surface area contributed by atoms with Crippen LogP contribution in [0.25, 0.3) is 0 Å². The molecule has 3 aliphatic carbocycles. The minimum Gasteiger partial charge on any atom is -0.508 e. The number of phenols is 1. The van der Waals surface area contributed by atoms with Crippen molar-refractivity contribution in [1.29, 1.82) is 0 Å². The highest BCUT2D eigenvalue weighted by Gasteiger charge is 2.61. The summed E-state index contributed by atoms with van der Waals surface area (Å²) >= 11 is 0. The summed E-state index contributed by atoms with van der Waals surface area (Å²) in [6.07, 6.45) is 8.38. The van der Waals surface area contributed by atoms with E-state index in [9.17, 15) is 10.2 Å². The monoisotopic (exact) mass is 407 g/mol. The fourth-order valence-electron chi connectivity index (χ4n) is 7.56. The lowest BCUT2D eigenvalue weighted by Gasteiger charge is -2.52. The van der Waals surface area contributed by atoms with Crippen LogP contribution in [-0.2, 0) is 6.42 Å². The molecule has 3 heteroatoms. The highest BCUT2D eigenvalue weighted by atomic mass is 16.3. The predicted molar refractivity (Wildman–Crippen MR) is 120 cm³/mol. The molecule has 3 fully saturated rings. The number of hydrogen-bond donors (Lipinski definition) is 3. The first-order valence-corrected chi connectivity index (χ1v) is 11.9. The third kappa shape index (κ3) is 3.02. The molecule has 0 spiro atoms. The van der Waals surface area contributed by atoms with Gasteiger partial charge in [-0.25, -0.2) is 0 Å². The molecule has 0 aromatic heterocycles. The lowest BCUT2D eigenvalue weighted by atomic mass is 9.53. The Morgan fingerprint density at radius 3 is 2.50 bits per heavy atom. The lowest BCUT2D eigenvalue weighted by molar-refractivity contribution is -0.0649. The first-order chi connectivity index (χ1) is 14.0. The van der Waals surface area contributed by atoms with E-state index >= 15 is 0 Å². The van der Waals surface area contributed by atoms with Crippen LogP contribution in [0.1, 0.15) is 89.7 Å². The lowest BCUT2D eigenvalue weighted by Crippen LogP contribution is -2.50. The first kappa shape index (κ1) is 20.4. The number of aryl methyl sites for hydroxylation is 1. The van der Waals surface area contributed by atoms with Crippen LogP contribution >= 0.6 is 0 Å². The minimum absolute atomic E-state index is 0.121. The quantitative estimate of drug-likeness (QED) is 0.536. The van der Waals surface area contributed by atoms with E-state index in [2.05, 4.69) is 50.9 Å². The Kier molecular flexibility index (Phi) is 4.42. The van der Waals surface area contributed by atoms with Gasteiger partial charge in [-0.2, -0.15) is 0 Å². The smallest absolute Gasteiger partial charge is 0.131 e. The molecule has 2 saturated carbocycles. The Morgan fingerprint density at radius 2 is 1.77 bits per heavy atom. The molecule has 0 bridgehead atoms. The van der Waals surface area contributed by atoms with Gasteiger partial charge in [0.1, 0.15) is 11.4 Å². The van der Waals surface area contributed by atoms with Gasteiger partial charge < -0.3 is 10.2 Å². The molecule has 0 radical (unpaired) electrons. The maximum atomic E-state index is 11.8. The highest BCUT2D eigenvalue weighted by molar-refractivity contribution is 5.41. The Balaban J connectivity index is 1.42. The van der Waals surface area contributed by atoms with Crippen molar-refractivity contribution in [3.63, 3.8) is 0 Å². The van der Waals surface area contributed by atoms with Crippen LogP contribution in [0.15, 0.2) is 18.2 Å². The van der Waals surface area contributed by atoms with Gasteiger partial charge in [0, 0.05) is 11.0 Å². The van der Waals surface area contributed by atoms with Gasteiger partial charge in [-0.05, 0) is 113 Å². The largest absolute Gasteiger partial charge is 0.508 e. The zero-order chi connectivity index (χ0) is 21.4. The normalized spacial score (nSPS) is 43.8. The van der Waals surface area contributed by atoms with Crippen molar-refractivity contribution in [2.24, 2.45) is 17.3 Å². The van der Waals surface area contributed by atoms with E-state index < -0.39 is 5.60 Å². The van der Waals surface area contributed by atoms with Crippen molar-refractivity contribution in [2.45, 2.75) is 102 Å². The van der Waals surface area contributed by atoms with Gasteiger partial charge in [0.15, 0.2) is 0 Å². The molecule has 0 amide bonds. The number of hydrogen-bond acceptors (Lipinski definition) is 3. The molecular formula is C27H37NO2. The predicted octanol–water partition coefficient (Wildman–Crippen LogP) is 4.90. The van der Waals surface area contributed by atoms with Gasteiger partial charge in [0.25, 0.3) is 0 Å². The zero-order valence-electron chi connectivity index (χ0n) is 19.0. The molecule has 1 aromatic carbocycles. The van der Waals surface area contributed by atoms with Crippen molar-refractivity contribution in [3.05, 3.63) is 29.3 Å². The molecule has 4 aliphatic rings. The molecule has 1 saturated heterocycles. The van der Waals surface area contributed by atoms with E-state index in [1.54, 1.807) is 0 Å². The summed E-state index contributed by atoms with van der Waals surface area (Å²) in [5.41, 5.74) is 1.69. The molecular weight excluding hydrogens is 370 g/mol. The molecule has 1 aliphatic heterocycles. The van der Waals surface area contributed by atoms with E-state index in [1.165, 1.54) is 17.5 Å². The number of nitrogens with one attached hydrogen (secondary N) is 1. The number of rotatable bonds is 0. The second-order valence-corrected chi connectivity index (χ2v) is 11.7. The fraction of sp³-hybridized carbons (Fsp3) is 0.704. The number of fused-ring (bicyclic) bond motifs is 5. The van der Waals surface area contributed by atoms with Crippen LogP contribution < -0.4 is 5.32 Å². The maximum absolute atomic E-state index is 11.8. The summed E-state index contributed by atoms with van der Waals surface area (Å²) in [5, 5.41) is 25.4. The molecule has 30 heavy (non-hydrogen) atoms. The van der Waals surface area contributed by atoms with Gasteiger partial charge in [0.2, 0.25) is 0 Å². The van der Waals surface area contributed by atoms with Crippen LogP contribution in [0.2, 0.25) is 0 Å². The summed E-state index contributed by atoms with van der Waals surface area (Å²) in [5.74, 6) is 9.06. The zero-order valence-corrected chi connectivity index (χ0v) is 19.0. The summed E-state index contributed by atoms with van der Waals surface area (Å²) in [6, 6.07) is 5.97. The number of phenolic OH excluding ortho intramolecular Hbond substituents is 1. The molecule has 1 aromatic rings. The van der Waals surface area contributed by atoms with Crippen LogP contribution in [0.3, 0.4) is 0 Å². The summed E-state index contributed by atoms with van der Waals surface area (Å²) in [6.45, 7) is 8.99. The number of aromatic hydroxyl groups is 1. The molecule has 3 N–H and O–H groups in total. The van der Waals surface area contributed by atoms with Crippen LogP contribution in [0, 0.1) is 29.1 Å². The van der Waals surface area contributed by atoms with Gasteiger partial charge in [-0.1, -0.05) is 24.8 Å². The van der Waals surface area contributed by atoms with Crippen LogP contribution in [0.5, 0.6) is 5.75 Å². The van der Waals surface area contributed by atoms with Gasteiger partial charge in [0.05, 0.1) is 5.54 Å². The summed E-state index contributed by atoms with van der Waals surface area (Å²) in [4.78, 5) is 0. The average Bonchev–Trinajstić information content (AvgIpc) is 3.13. The Bertz CT molecular complexity index is 927. The maximum Gasteiger partial charge on any atom is 0.131 e. The van der Waals surface area contributed by atoms with Crippen LogP contribution in [0.4, 0.5) is 0 Å². The molecule has 1 unspecified atom stereocenters. The van der Waals surface area contributed by atoms with Gasteiger partial charge in [-0.15, -0.1) is 0 Å². The molecule has 6 atom stereocenters. The van der Waals surface area contributed by atoms with E-state index in [0.717, 1.165) is 44.9 Å². The Labute approximate surface area is 181 Å². The minimum atomic E-state index is -0.880. The topological polar surface area (TPSA) is 52.5 Å². The third-order valence-corrected chi connectivity index (χ3v) is 9.27. The molecule has 1 heterocycles. The summed E-state index contributed by atoms with van der Waals surface area (Å²) in [7, 11) is 0. The Hall–Kier alpha value is -1.50. The van der Waals surface area contributed by atoms with Crippen molar-refractivity contribution in [1.82, 2.24) is 5.32 Å². The van der Waals surface area contributed by atoms with Crippen molar-refractivity contribution in [3.8, 4) is 17.6 Å². The second kappa shape index (κ2) is 6.50. The SMILES string of the molecule is CC1(C)CCC(C)(C#C[C@]2(O)CC[C@H]3[C@@H]4CCc5cc(O)ccc5[C@H]4CC[C@@]32C)N1. The average molecular weight is 408 g/mol. The van der Waals surface area contributed by atoms with E-state index in [0.29, 0.717) is 23.5 Å². The number of aliphatic hydroxyl groups is 1. The molecule has 5 rings (SSSR count). The molecule has 162 valence electrons. The van der Waals surface area contributed by atoms with Gasteiger partial charge >= 0.3 is 0 Å². The van der Waals surface area contributed by atoms with E-state index in [-0.39, 0.29) is 16.5 Å². The van der Waals surface area contributed by atoms with Crippen molar-refractivity contribution < 1.29 is 10.2 Å². The third-order valence-electron chi connectivity index (χ3n) is 9.27. The van der Waals surface area contributed by atoms with Crippen molar-refractivity contribution >= 4 is 0 Å². The van der Waals surface area contributed by atoms with Crippen LogP contribution in [-0.4, -0.2) is 26.9 Å². The first-order valence-electron chi connectivity index (χ1n) is 11.9. The summed E-state index contributed by atoms with van der Waals surface area (Å²) < 4.78 is 0.